The van der Waals surface area contributed by atoms with Crippen LogP contribution in [-0.2, 0) is 4.74 Å². The molecule has 0 aromatic carbocycles. The second-order valence-corrected chi connectivity index (χ2v) is 4.98. The van der Waals surface area contributed by atoms with Crippen molar-refractivity contribution in [1.29, 1.82) is 0 Å². The molecule has 90 valence electrons. The van der Waals surface area contributed by atoms with Gasteiger partial charge in [-0.15, -0.1) is 0 Å². The number of methoxy groups -OCH3 is 1. The molecule has 0 aromatic heterocycles. The largest absolute Gasteiger partial charge is 0.385 e. The summed E-state index contributed by atoms with van der Waals surface area (Å²) in [5.41, 5.74) is 0. The Bertz CT molecular complexity index is 161. The van der Waals surface area contributed by atoms with E-state index in [1.165, 1.54) is 32.1 Å². The highest BCUT2D eigenvalue weighted by Crippen LogP contribution is 2.31. The third kappa shape index (κ3) is 4.52. The highest BCUT2D eigenvalue weighted by Gasteiger charge is 2.27. The molecule has 1 aliphatic carbocycles. The Kier molecular flexibility index (Phi) is 6.26. The van der Waals surface area contributed by atoms with Crippen molar-refractivity contribution in [1.82, 2.24) is 5.32 Å². The van der Waals surface area contributed by atoms with E-state index in [1.807, 2.05) is 0 Å². The molecule has 0 radical (unpaired) electrons. The Labute approximate surface area is 94.8 Å². The summed E-state index contributed by atoms with van der Waals surface area (Å²) in [6.45, 7) is 6.64. The molecule has 1 rings (SSSR count). The highest BCUT2D eigenvalue weighted by atomic mass is 16.5. The fraction of sp³-hybridized carbons (Fsp3) is 1.00. The van der Waals surface area contributed by atoms with Gasteiger partial charge in [-0.2, -0.15) is 0 Å². The molecular formula is C13H27NO. The first-order valence-corrected chi connectivity index (χ1v) is 6.50. The molecule has 0 saturated heterocycles. The maximum Gasteiger partial charge on any atom is 0.0462 e. The van der Waals surface area contributed by atoms with Crippen LogP contribution in [0, 0.1) is 11.8 Å². The van der Waals surface area contributed by atoms with Crippen molar-refractivity contribution in [2.45, 2.75) is 52.0 Å². The van der Waals surface area contributed by atoms with Gasteiger partial charge in [-0.25, -0.2) is 0 Å². The summed E-state index contributed by atoms with van der Waals surface area (Å²) in [7, 11) is 1.80. The van der Waals surface area contributed by atoms with E-state index in [0.717, 1.165) is 31.0 Å². The van der Waals surface area contributed by atoms with Crippen molar-refractivity contribution in [3.05, 3.63) is 0 Å². The quantitative estimate of drug-likeness (QED) is 0.685. The van der Waals surface area contributed by atoms with Crippen LogP contribution in [0.15, 0.2) is 0 Å². The van der Waals surface area contributed by atoms with Crippen LogP contribution in [0.4, 0.5) is 0 Å². The van der Waals surface area contributed by atoms with E-state index < -0.39 is 0 Å². The lowest BCUT2D eigenvalue weighted by Crippen LogP contribution is -2.40. The Morgan fingerprint density at radius 1 is 1.33 bits per heavy atom. The molecule has 1 fully saturated rings. The number of hydrogen-bond acceptors (Lipinski definition) is 2. The zero-order valence-corrected chi connectivity index (χ0v) is 10.6. The molecule has 1 N–H and O–H groups in total. The molecule has 0 amide bonds. The Morgan fingerprint density at radius 3 is 2.80 bits per heavy atom. The second-order valence-electron chi connectivity index (χ2n) is 4.98. The van der Waals surface area contributed by atoms with Crippen LogP contribution in [0.1, 0.15) is 46.0 Å². The summed E-state index contributed by atoms with van der Waals surface area (Å²) in [6.07, 6.45) is 6.72. The van der Waals surface area contributed by atoms with Crippen molar-refractivity contribution >= 4 is 0 Å². The summed E-state index contributed by atoms with van der Waals surface area (Å²) < 4.78 is 5.13. The lowest BCUT2D eigenvalue weighted by atomic mass is 9.76. The normalized spacial score (nSPS) is 31.8. The van der Waals surface area contributed by atoms with E-state index >= 15 is 0 Å². The first-order valence-electron chi connectivity index (χ1n) is 6.50. The third-order valence-corrected chi connectivity index (χ3v) is 3.63. The number of nitrogens with one attached hydrogen (secondary N) is 1. The van der Waals surface area contributed by atoms with Crippen LogP contribution < -0.4 is 5.32 Å². The molecule has 0 bridgehead atoms. The van der Waals surface area contributed by atoms with Crippen LogP contribution in [0.5, 0.6) is 0 Å². The Morgan fingerprint density at radius 2 is 2.13 bits per heavy atom. The number of ether oxygens (including phenoxy) is 1. The molecule has 0 heterocycles. The first-order chi connectivity index (χ1) is 7.27. The highest BCUT2D eigenvalue weighted by molar-refractivity contribution is 4.83. The maximum absolute atomic E-state index is 5.13. The van der Waals surface area contributed by atoms with Gasteiger partial charge in [-0.1, -0.05) is 13.8 Å². The molecule has 3 atom stereocenters. The topological polar surface area (TPSA) is 21.3 Å². The van der Waals surface area contributed by atoms with Gasteiger partial charge < -0.3 is 10.1 Å². The zero-order valence-electron chi connectivity index (χ0n) is 10.6. The molecule has 1 saturated carbocycles. The van der Waals surface area contributed by atoms with Crippen molar-refractivity contribution in [3.8, 4) is 0 Å². The van der Waals surface area contributed by atoms with Crippen LogP contribution in [0.25, 0.3) is 0 Å². The average molecular weight is 213 g/mol. The maximum atomic E-state index is 5.13. The lowest BCUT2D eigenvalue weighted by molar-refractivity contribution is 0.160. The molecule has 1 aliphatic rings. The van der Waals surface area contributed by atoms with Gasteiger partial charge in [0.25, 0.3) is 0 Å². The SMILES string of the molecule is CCNC1CCC(C)CC1CCCOC. The van der Waals surface area contributed by atoms with Crippen molar-refractivity contribution in [3.63, 3.8) is 0 Å². The van der Waals surface area contributed by atoms with Gasteiger partial charge in [0.05, 0.1) is 0 Å². The first kappa shape index (κ1) is 13.0. The fourth-order valence-electron chi connectivity index (χ4n) is 2.84. The molecular weight excluding hydrogens is 186 g/mol. The third-order valence-electron chi connectivity index (χ3n) is 3.63. The zero-order chi connectivity index (χ0) is 11.1. The smallest absolute Gasteiger partial charge is 0.0462 e. The summed E-state index contributed by atoms with van der Waals surface area (Å²) in [6, 6.07) is 0.767. The van der Waals surface area contributed by atoms with Gasteiger partial charge in [-0.05, 0) is 50.5 Å². The summed E-state index contributed by atoms with van der Waals surface area (Å²) in [4.78, 5) is 0. The standard InChI is InChI=1S/C13H27NO/c1-4-14-13-8-7-11(2)10-12(13)6-5-9-15-3/h11-14H,4-10H2,1-3H3. The molecule has 0 aliphatic heterocycles. The average Bonchev–Trinajstić information content (AvgIpc) is 2.22. The molecule has 3 unspecified atom stereocenters. The molecule has 2 nitrogen and oxygen atoms in total. The van der Waals surface area contributed by atoms with Crippen LogP contribution in [0.3, 0.4) is 0 Å². The van der Waals surface area contributed by atoms with Crippen molar-refractivity contribution in [2.75, 3.05) is 20.3 Å². The molecule has 2 heteroatoms. The summed E-state index contributed by atoms with van der Waals surface area (Å²) in [5, 5.41) is 3.64. The predicted octanol–water partition coefficient (Wildman–Crippen LogP) is 2.83. The fourth-order valence-corrected chi connectivity index (χ4v) is 2.84. The van der Waals surface area contributed by atoms with Gasteiger partial charge in [-0.3, -0.25) is 0 Å². The second kappa shape index (κ2) is 7.24. The van der Waals surface area contributed by atoms with Gasteiger partial charge in [0, 0.05) is 19.8 Å². The van der Waals surface area contributed by atoms with Gasteiger partial charge in [0.1, 0.15) is 0 Å². The Hall–Kier alpha value is -0.0800. The van der Waals surface area contributed by atoms with Gasteiger partial charge in [0.2, 0.25) is 0 Å². The van der Waals surface area contributed by atoms with E-state index in [9.17, 15) is 0 Å². The van der Waals surface area contributed by atoms with Crippen LogP contribution >= 0.6 is 0 Å². The minimum absolute atomic E-state index is 0.767. The van der Waals surface area contributed by atoms with Gasteiger partial charge in [0.15, 0.2) is 0 Å². The van der Waals surface area contributed by atoms with E-state index in [2.05, 4.69) is 19.2 Å². The minimum Gasteiger partial charge on any atom is -0.385 e. The lowest BCUT2D eigenvalue weighted by Gasteiger charge is -2.35. The van der Waals surface area contributed by atoms with E-state index in [4.69, 9.17) is 4.74 Å². The van der Waals surface area contributed by atoms with Crippen LogP contribution in [-0.4, -0.2) is 26.3 Å². The van der Waals surface area contributed by atoms with E-state index in [-0.39, 0.29) is 0 Å². The van der Waals surface area contributed by atoms with Crippen molar-refractivity contribution < 1.29 is 4.74 Å². The summed E-state index contributed by atoms with van der Waals surface area (Å²) >= 11 is 0. The van der Waals surface area contributed by atoms with Crippen molar-refractivity contribution in [2.24, 2.45) is 11.8 Å². The Balaban J connectivity index is 2.32. The predicted molar refractivity (Wildman–Crippen MR) is 65.1 cm³/mol. The number of hydrogen-bond donors (Lipinski definition) is 1. The van der Waals surface area contributed by atoms with Gasteiger partial charge >= 0.3 is 0 Å². The van der Waals surface area contributed by atoms with E-state index in [0.29, 0.717) is 0 Å². The molecule has 0 aromatic rings. The summed E-state index contributed by atoms with van der Waals surface area (Å²) in [5.74, 6) is 1.80. The molecule has 15 heavy (non-hydrogen) atoms. The van der Waals surface area contributed by atoms with E-state index in [1.54, 1.807) is 7.11 Å². The van der Waals surface area contributed by atoms with Crippen LogP contribution in [0.2, 0.25) is 0 Å². The number of rotatable bonds is 6. The minimum atomic E-state index is 0.767. The molecule has 0 spiro atoms. The monoisotopic (exact) mass is 213 g/mol.